The highest BCUT2D eigenvalue weighted by Crippen LogP contribution is 2.30. The minimum atomic E-state index is -1.67. The van der Waals surface area contributed by atoms with Gasteiger partial charge in [0.2, 0.25) is 8.32 Å². The average Bonchev–Trinajstić information content (AvgIpc) is 2.51. The monoisotopic (exact) mass is 370 g/mol. The van der Waals surface area contributed by atoms with Crippen LogP contribution in [-0.2, 0) is 8.85 Å². The van der Waals surface area contributed by atoms with E-state index in [1.165, 1.54) is 56.7 Å². The van der Waals surface area contributed by atoms with Gasteiger partial charge in [0.1, 0.15) is 5.76 Å². The molecule has 0 N–H and O–H groups in total. The van der Waals surface area contributed by atoms with Gasteiger partial charge in [-0.05, 0) is 37.8 Å². The van der Waals surface area contributed by atoms with Crippen LogP contribution in [0.4, 0.5) is 0 Å². The van der Waals surface area contributed by atoms with Crippen LogP contribution < -0.4 is 0 Å². The third-order valence-electron chi connectivity index (χ3n) is 4.33. The first-order chi connectivity index (χ1) is 11.2. The molecule has 0 aromatic carbocycles. The van der Waals surface area contributed by atoms with E-state index >= 15 is 0 Å². The maximum absolute atomic E-state index is 6.65. The molecule has 0 aromatic rings. The summed E-state index contributed by atoms with van der Waals surface area (Å²) in [6.45, 7) is 22.2. The predicted octanol–water partition coefficient (Wildman–Crippen LogP) is 7.27. The molecule has 0 aliphatic rings. The van der Waals surface area contributed by atoms with E-state index in [2.05, 4.69) is 53.6 Å². The summed E-state index contributed by atoms with van der Waals surface area (Å²) in [6, 6.07) is 3.87. The lowest BCUT2D eigenvalue weighted by Crippen LogP contribution is -2.39. The Balaban J connectivity index is 4.87. The van der Waals surface area contributed by atoms with E-state index in [1.807, 2.05) is 0 Å². The molecule has 0 rings (SSSR count). The molecule has 0 amide bonds. The van der Waals surface area contributed by atoms with Crippen molar-refractivity contribution in [3.8, 4) is 0 Å². The van der Waals surface area contributed by atoms with Crippen LogP contribution in [0.25, 0.3) is 0 Å². The second-order valence-corrected chi connectivity index (χ2v) is 16.6. The predicted molar refractivity (Wildman–Crippen MR) is 114 cm³/mol. The summed E-state index contributed by atoms with van der Waals surface area (Å²) < 4.78 is 12.6. The lowest BCUT2D eigenvalue weighted by atomic mass is 10.3. The quantitative estimate of drug-likeness (QED) is 0.171. The van der Waals surface area contributed by atoms with E-state index in [4.69, 9.17) is 8.85 Å². The summed E-state index contributed by atoms with van der Waals surface area (Å²) in [6.07, 6.45) is 7.63. The van der Waals surface area contributed by atoms with Gasteiger partial charge in [0, 0.05) is 5.57 Å². The van der Waals surface area contributed by atoms with Crippen molar-refractivity contribution in [1.29, 1.82) is 0 Å². The molecule has 0 aliphatic carbocycles. The molecule has 142 valence electrons. The Bertz CT molecular complexity index is 351. The molecule has 0 fully saturated rings. The topological polar surface area (TPSA) is 18.5 Å². The van der Waals surface area contributed by atoms with Gasteiger partial charge in [-0.25, -0.2) is 0 Å². The fourth-order valence-electron chi connectivity index (χ4n) is 2.85. The molecule has 0 spiro atoms. The average molecular weight is 371 g/mol. The van der Waals surface area contributed by atoms with Gasteiger partial charge in [-0.1, -0.05) is 72.5 Å². The van der Waals surface area contributed by atoms with Crippen LogP contribution in [0.1, 0.15) is 59.3 Å². The highest BCUT2D eigenvalue weighted by molar-refractivity contribution is 6.73. The Morgan fingerprint density at radius 3 is 1.54 bits per heavy atom. The third-order valence-corrected chi connectivity index (χ3v) is 9.74. The smallest absolute Gasteiger partial charge is 0.242 e. The molecule has 0 saturated carbocycles. The van der Waals surface area contributed by atoms with Crippen LogP contribution >= 0.6 is 0 Å². The van der Waals surface area contributed by atoms with E-state index < -0.39 is 16.6 Å². The molecule has 0 radical (unpaired) electrons. The number of hydrogen-bond donors (Lipinski definition) is 0. The van der Waals surface area contributed by atoms with Crippen molar-refractivity contribution < 1.29 is 8.85 Å². The number of hydrogen-bond acceptors (Lipinski definition) is 2. The summed E-state index contributed by atoms with van der Waals surface area (Å²) in [5, 5.41) is 0. The van der Waals surface area contributed by atoms with Crippen molar-refractivity contribution in [2.24, 2.45) is 0 Å². The molecule has 0 aliphatic heterocycles. The number of unbranched alkanes of at least 4 members (excludes halogenated alkanes) is 3. The van der Waals surface area contributed by atoms with Gasteiger partial charge in [-0.15, -0.1) is 0 Å². The molecule has 0 heterocycles. The minimum absolute atomic E-state index is 0.604. The largest absolute Gasteiger partial charge is 0.544 e. The SMILES string of the molecule is C=C(CO[Si](CCCC)(CCCC)CCCC)C(=C)O[Si](C)(C)C. The maximum atomic E-state index is 6.65. The van der Waals surface area contributed by atoms with Crippen molar-refractivity contribution in [2.45, 2.75) is 97.1 Å². The van der Waals surface area contributed by atoms with Crippen molar-refractivity contribution in [1.82, 2.24) is 0 Å². The summed E-state index contributed by atoms with van der Waals surface area (Å²) in [5.41, 5.74) is 0.929. The van der Waals surface area contributed by atoms with E-state index in [1.54, 1.807) is 0 Å². The zero-order valence-electron chi connectivity index (χ0n) is 17.3. The van der Waals surface area contributed by atoms with Crippen LogP contribution in [0.3, 0.4) is 0 Å². The first kappa shape index (κ1) is 23.7. The Kier molecular flexibility index (Phi) is 11.9. The molecule has 0 bridgehead atoms. The molecular weight excluding hydrogens is 328 g/mol. The lowest BCUT2D eigenvalue weighted by Gasteiger charge is -2.33. The van der Waals surface area contributed by atoms with E-state index in [0.717, 1.165) is 11.3 Å². The molecule has 24 heavy (non-hydrogen) atoms. The summed E-state index contributed by atoms with van der Waals surface area (Å²) in [7, 11) is -3.30. The van der Waals surface area contributed by atoms with Gasteiger partial charge in [-0.2, -0.15) is 0 Å². The van der Waals surface area contributed by atoms with Crippen LogP contribution in [0.2, 0.25) is 37.8 Å². The van der Waals surface area contributed by atoms with Crippen molar-refractivity contribution in [3.05, 3.63) is 24.5 Å². The second kappa shape index (κ2) is 12.1. The highest BCUT2D eigenvalue weighted by atomic mass is 28.4. The van der Waals surface area contributed by atoms with Crippen LogP contribution in [0, 0.1) is 0 Å². The van der Waals surface area contributed by atoms with Gasteiger partial charge < -0.3 is 8.85 Å². The van der Waals surface area contributed by atoms with Crippen LogP contribution in [0.15, 0.2) is 24.5 Å². The summed E-state index contributed by atoms with van der Waals surface area (Å²) in [4.78, 5) is 0. The first-order valence-corrected chi connectivity index (χ1v) is 15.8. The van der Waals surface area contributed by atoms with Crippen molar-refractivity contribution in [2.75, 3.05) is 6.61 Å². The van der Waals surface area contributed by atoms with Crippen LogP contribution in [-0.4, -0.2) is 23.2 Å². The Morgan fingerprint density at radius 2 is 1.21 bits per heavy atom. The zero-order valence-corrected chi connectivity index (χ0v) is 19.3. The molecule has 4 heteroatoms. The van der Waals surface area contributed by atoms with E-state index in [-0.39, 0.29) is 0 Å². The normalized spacial score (nSPS) is 12.2. The Morgan fingerprint density at radius 1 is 0.792 bits per heavy atom. The van der Waals surface area contributed by atoms with Crippen LogP contribution in [0.5, 0.6) is 0 Å². The van der Waals surface area contributed by atoms with Gasteiger partial charge in [0.25, 0.3) is 0 Å². The molecule has 0 saturated heterocycles. The van der Waals surface area contributed by atoms with Gasteiger partial charge in [-0.3, -0.25) is 0 Å². The van der Waals surface area contributed by atoms with Gasteiger partial charge >= 0.3 is 0 Å². The molecule has 0 aromatic heterocycles. The molecule has 0 atom stereocenters. The fourth-order valence-corrected chi connectivity index (χ4v) is 8.39. The van der Waals surface area contributed by atoms with Gasteiger partial charge in [0.05, 0.1) is 6.61 Å². The lowest BCUT2D eigenvalue weighted by molar-refractivity contribution is 0.314. The summed E-state index contributed by atoms with van der Waals surface area (Å²) in [5.74, 6) is 0.735. The Hall–Kier alpha value is -0.326. The van der Waals surface area contributed by atoms with E-state index in [9.17, 15) is 0 Å². The maximum Gasteiger partial charge on any atom is 0.242 e. The first-order valence-electron chi connectivity index (χ1n) is 9.89. The molecule has 0 unspecified atom stereocenters. The van der Waals surface area contributed by atoms with Crippen molar-refractivity contribution >= 4 is 16.6 Å². The van der Waals surface area contributed by atoms with Gasteiger partial charge in [0.15, 0.2) is 8.32 Å². The standard InChI is InChI=1S/C20H42O2Si2/c1-9-12-15-24(16-13-10-2,17-14-11-3)21-18-19(4)20(5)22-23(6,7)8/h4-5,9-18H2,1-3,6-8H3. The fraction of sp³-hybridized carbons (Fsp3) is 0.800. The second-order valence-electron chi connectivity index (χ2n) is 8.02. The Labute approximate surface area is 154 Å². The number of rotatable bonds is 15. The van der Waals surface area contributed by atoms with E-state index in [0.29, 0.717) is 6.61 Å². The minimum Gasteiger partial charge on any atom is -0.544 e. The molecule has 2 nitrogen and oxygen atoms in total. The third kappa shape index (κ3) is 10.5. The highest BCUT2D eigenvalue weighted by Gasteiger charge is 2.33. The van der Waals surface area contributed by atoms with Crippen molar-refractivity contribution in [3.63, 3.8) is 0 Å². The summed E-state index contributed by atoms with van der Waals surface area (Å²) >= 11 is 0. The zero-order chi connectivity index (χ0) is 18.6. The molecular formula is C20H42O2Si2.